The van der Waals surface area contributed by atoms with Gasteiger partial charge in [-0.15, -0.1) is 12.4 Å². The predicted molar refractivity (Wildman–Crippen MR) is 92.8 cm³/mol. The standard InChI is InChI=1S/C16H28N4O2.ClH/c1-16(2,3)14(22-5)9-18-15(21)13-8-17-7-12(13)11-6-19-20(4)10-11;/h6,10,12-14,17H,7-9H2,1-5H3,(H,18,21);1H/t12-,13+,14?;/m1./s1. The van der Waals surface area contributed by atoms with E-state index in [0.717, 1.165) is 12.1 Å². The molecule has 1 aliphatic rings. The second kappa shape index (κ2) is 8.13. The number of methoxy groups -OCH3 is 1. The van der Waals surface area contributed by atoms with Crippen LogP contribution >= 0.6 is 12.4 Å². The van der Waals surface area contributed by atoms with E-state index in [1.54, 1.807) is 11.8 Å². The Labute approximate surface area is 144 Å². The molecule has 0 aliphatic carbocycles. The van der Waals surface area contributed by atoms with Crippen LogP contribution < -0.4 is 10.6 Å². The summed E-state index contributed by atoms with van der Waals surface area (Å²) in [5.41, 5.74) is 1.12. The third-order valence-corrected chi connectivity index (χ3v) is 4.42. The molecule has 3 atom stereocenters. The molecule has 2 heterocycles. The fourth-order valence-electron chi connectivity index (χ4n) is 3.00. The Morgan fingerprint density at radius 2 is 2.22 bits per heavy atom. The molecule has 0 spiro atoms. The van der Waals surface area contributed by atoms with Crippen molar-refractivity contribution < 1.29 is 9.53 Å². The SMILES string of the molecule is COC(CNC(=O)[C@H]1CNC[C@@H]1c1cnn(C)c1)C(C)(C)C.Cl. The first-order chi connectivity index (χ1) is 10.3. The summed E-state index contributed by atoms with van der Waals surface area (Å²) in [4.78, 5) is 12.5. The molecule has 1 aliphatic heterocycles. The average Bonchev–Trinajstić information content (AvgIpc) is 3.05. The lowest BCUT2D eigenvalue weighted by molar-refractivity contribution is -0.125. The smallest absolute Gasteiger partial charge is 0.225 e. The summed E-state index contributed by atoms with van der Waals surface area (Å²) in [6.07, 6.45) is 3.85. The number of nitrogens with zero attached hydrogens (tertiary/aromatic N) is 2. The molecule has 6 nitrogen and oxygen atoms in total. The van der Waals surface area contributed by atoms with Gasteiger partial charge in [-0.3, -0.25) is 9.48 Å². The Morgan fingerprint density at radius 1 is 1.52 bits per heavy atom. The topological polar surface area (TPSA) is 68.2 Å². The number of aromatic nitrogens is 2. The Morgan fingerprint density at radius 3 is 2.74 bits per heavy atom. The Hall–Kier alpha value is -1.11. The highest BCUT2D eigenvalue weighted by Gasteiger charge is 2.35. The van der Waals surface area contributed by atoms with Gasteiger partial charge in [0.15, 0.2) is 0 Å². The van der Waals surface area contributed by atoms with Crippen molar-refractivity contribution in [1.29, 1.82) is 0 Å². The number of ether oxygens (including phenoxy) is 1. The van der Waals surface area contributed by atoms with E-state index in [0.29, 0.717) is 13.1 Å². The second-order valence-electron chi connectivity index (χ2n) is 7.15. The van der Waals surface area contributed by atoms with Gasteiger partial charge in [-0.2, -0.15) is 5.10 Å². The zero-order chi connectivity index (χ0) is 16.3. The van der Waals surface area contributed by atoms with Crippen molar-refractivity contribution in [3.05, 3.63) is 18.0 Å². The third-order valence-electron chi connectivity index (χ3n) is 4.42. The molecular weight excluding hydrogens is 316 g/mol. The van der Waals surface area contributed by atoms with Crippen LogP contribution in [0.25, 0.3) is 0 Å². The van der Waals surface area contributed by atoms with Crippen molar-refractivity contribution in [2.75, 3.05) is 26.7 Å². The van der Waals surface area contributed by atoms with Crippen molar-refractivity contribution in [1.82, 2.24) is 20.4 Å². The first-order valence-corrected chi connectivity index (χ1v) is 7.82. The molecule has 23 heavy (non-hydrogen) atoms. The number of amides is 1. The van der Waals surface area contributed by atoms with Gasteiger partial charge in [-0.25, -0.2) is 0 Å². The maximum Gasteiger partial charge on any atom is 0.225 e. The van der Waals surface area contributed by atoms with E-state index < -0.39 is 0 Å². The third kappa shape index (κ3) is 4.93. The van der Waals surface area contributed by atoms with Gasteiger partial charge < -0.3 is 15.4 Å². The highest BCUT2D eigenvalue weighted by molar-refractivity contribution is 5.85. The first kappa shape index (κ1) is 19.9. The van der Waals surface area contributed by atoms with E-state index in [1.165, 1.54) is 0 Å². The van der Waals surface area contributed by atoms with Crippen LogP contribution in [-0.2, 0) is 16.6 Å². The van der Waals surface area contributed by atoms with E-state index in [-0.39, 0.29) is 41.7 Å². The minimum absolute atomic E-state index is 0. The lowest BCUT2D eigenvalue weighted by atomic mass is 9.88. The van der Waals surface area contributed by atoms with Crippen LogP contribution in [0.3, 0.4) is 0 Å². The van der Waals surface area contributed by atoms with Crippen molar-refractivity contribution in [2.45, 2.75) is 32.8 Å². The van der Waals surface area contributed by atoms with Gasteiger partial charge in [0.05, 0.1) is 18.2 Å². The van der Waals surface area contributed by atoms with Crippen molar-refractivity contribution in [3.8, 4) is 0 Å². The molecule has 0 radical (unpaired) electrons. The normalized spacial score (nSPS) is 22.5. The Balaban J connectivity index is 0.00000264. The Bertz CT molecular complexity index is 512. The molecule has 7 heteroatoms. The first-order valence-electron chi connectivity index (χ1n) is 7.82. The molecule has 0 saturated carbocycles. The summed E-state index contributed by atoms with van der Waals surface area (Å²) < 4.78 is 7.28. The molecule has 1 saturated heterocycles. The number of nitrogens with one attached hydrogen (secondary N) is 2. The lowest BCUT2D eigenvalue weighted by Gasteiger charge is -2.30. The van der Waals surface area contributed by atoms with Crippen molar-refractivity contribution in [2.24, 2.45) is 18.4 Å². The molecule has 0 bridgehead atoms. The molecule has 1 amide bonds. The zero-order valence-electron chi connectivity index (χ0n) is 14.6. The highest BCUT2D eigenvalue weighted by atomic mass is 35.5. The maximum absolute atomic E-state index is 12.5. The van der Waals surface area contributed by atoms with Gasteiger partial charge >= 0.3 is 0 Å². The van der Waals surface area contributed by atoms with Gasteiger partial charge in [0.1, 0.15) is 0 Å². The maximum atomic E-state index is 12.5. The van der Waals surface area contributed by atoms with Crippen LogP contribution in [0.2, 0.25) is 0 Å². The predicted octanol–water partition coefficient (Wildman–Crippen LogP) is 1.32. The lowest BCUT2D eigenvalue weighted by Crippen LogP contribution is -2.43. The largest absolute Gasteiger partial charge is 0.379 e. The summed E-state index contributed by atoms with van der Waals surface area (Å²) in [6.45, 7) is 8.40. The van der Waals surface area contributed by atoms with E-state index in [1.807, 2.05) is 19.4 Å². The van der Waals surface area contributed by atoms with Gasteiger partial charge in [0, 0.05) is 45.9 Å². The molecule has 1 aromatic rings. The minimum Gasteiger partial charge on any atom is -0.379 e. The van der Waals surface area contributed by atoms with Crippen LogP contribution in [0.15, 0.2) is 12.4 Å². The van der Waals surface area contributed by atoms with E-state index in [9.17, 15) is 4.79 Å². The molecule has 1 unspecified atom stereocenters. The fraction of sp³-hybridized carbons (Fsp3) is 0.750. The number of rotatable bonds is 5. The molecule has 1 aromatic heterocycles. The van der Waals surface area contributed by atoms with Crippen LogP contribution in [0.1, 0.15) is 32.3 Å². The number of hydrogen-bond donors (Lipinski definition) is 2. The molecule has 0 aromatic carbocycles. The Kier molecular flexibility index (Phi) is 7.04. The quantitative estimate of drug-likeness (QED) is 0.845. The molecule has 2 N–H and O–H groups in total. The van der Waals surface area contributed by atoms with Gasteiger partial charge in [-0.05, 0) is 11.0 Å². The molecule has 1 fully saturated rings. The number of hydrogen-bond acceptors (Lipinski definition) is 4. The molecular formula is C16H29ClN4O2. The molecule has 2 rings (SSSR count). The van der Waals surface area contributed by atoms with E-state index >= 15 is 0 Å². The fourth-order valence-corrected chi connectivity index (χ4v) is 3.00. The number of carbonyl (C=O) groups is 1. The van der Waals surface area contributed by atoms with E-state index in [4.69, 9.17) is 4.74 Å². The van der Waals surface area contributed by atoms with E-state index in [2.05, 4.69) is 36.5 Å². The van der Waals surface area contributed by atoms with Crippen LogP contribution in [-0.4, -0.2) is 48.5 Å². The molecule has 132 valence electrons. The summed E-state index contributed by atoms with van der Waals surface area (Å²) in [5, 5.41) is 10.6. The van der Waals surface area contributed by atoms with Gasteiger partial charge in [0.2, 0.25) is 5.91 Å². The van der Waals surface area contributed by atoms with Gasteiger partial charge in [-0.1, -0.05) is 20.8 Å². The van der Waals surface area contributed by atoms with Crippen molar-refractivity contribution >= 4 is 18.3 Å². The van der Waals surface area contributed by atoms with Crippen molar-refractivity contribution in [3.63, 3.8) is 0 Å². The summed E-state index contributed by atoms with van der Waals surface area (Å²) in [5.74, 6) is 0.219. The summed E-state index contributed by atoms with van der Waals surface area (Å²) in [6, 6.07) is 0. The number of halogens is 1. The minimum atomic E-state index is -0.0540. The summed E-state index contributed by atoms with van der Waals surface area (Å²) >= 11 is 0. The number of carbonyl (C=O) groups excluding carboxylic acids is 1. The summed E-state index contributed by atoms with van der Waals surface area (Å²) in [7, 11) is 3.59. The monoisotopic (exact) mass is 344 g/mol. The van der Waals surface area contributed by atoms with Crippen LogP contribution in [0, 0.1) is 11.3 Å². The van der Waals surface area contributed by atoms with Gasteiger partial charge in [0.25, 0.3) is 0 Å². The average molecular weight is 345 g/mol. The van der Waals surface area contributed by atoms with Crippen LogP contribution in [0.4, 0.5) is 0 Å². The highest BCUT2D eigenvalue weighted by Crippen LogP contribution is 2.28. The number of aryl methyl sites for hydroxylation is 1. The second-order valence-corrected chi connectivity index (χ2v) is 7.15. The zero-order valence-corrected chi connectivity index (χ0v) is 15.4. The van der Waals surface area contributed by atoms with Crippen LogP contribution in [0.5, 0.6) is 0 Å².